The van der Waals surface area contributed by atoms with Crippen LogP contribution >= 0.6 is 15.9 Å². The van der Waals surface area contributed by atoms with Crippen molar-refractivity contribution in [2.24, 2.45) is 0 Å². The molecule has 23 heavy (non-hydrogen) atoms. The minimum atomic E-state index is 0.314. The first-order chi connectivity index (χ1) is 11.2. The summed E-state index contributed by atoms with van der Waals surface area (Å²) in [5, 5.41) is 9.39. The van der Waals surface area contributed by atoms with E-state index in [1.807, 2.05) is 24.3 Å². The number of hydrogen-bond acceptors (Lipinski definition) is 4. The lowest BCUT2D eigenvalue weighted by Crippen LogP contribution is -2.46. The van der Waals surface area contributed by atoms with Crippen molar-refractivity contribution in [2.75, 3.05) is 38.2 Å². The first-order valence-electron chi connectivity index (χ1n) is 7.74. The summed E-state index contributed by atoms with van der Waals surface area (Å²) in [4.78, 5) is 4.80. The van der Waals surface area contributed by atoms with Crippen molar-refractivity contribution in [3.05, 3.63) is 52.5 Å². The van der Waals surface area contributed by atoms with Gasteiger partial charge in [-0.1, -0.05) is 15.9 Å². The van der Waals surface area contributed by atoms with Gasteiger partial charge in [0.2, 0.25) is 0 Å². The smallest absolute Gasteiger partial charge is 0.123 e. The number of phenols is 1. The van der Waals surface area contributed by atoms with Gasteiger partial charge in [-0.25, -0.2) is 0 Å². The molecule has 3 rings (SSSR count). The van der Waals surface area contributed by atoms with Crippen LogP contribution in [0.2, 0.25) is 0 Å². The van der Waals surface area contributed by atoms with Crippen molar-refractivity contribution in [3.63, 3.8) is 0 Å². The van der Waals surface area contributed by atoms with E-state index in [9.17, 15) is 5.11 Å². The van der Waals surface area contributed by atoms with Crippen LogP contribution in [0.25, 0.3) is 0 Å². The summed E-state index contributed by atoms with van der Waals surface area (Å²) in [5.74, 6) is 1.25. The van der Waals surface area contributed by atoms with Crippen molar-refractivity contribution in [1.82, 2.24) is 4.90 Å². The summed E-state index contributed by atoms with van der Waals surface area (Å²) >= 11 is 3.53. The zero-order chi connectivity index (χ0) is 16.2. The third-order valence-electron chi connectivity index (χ3n) is 4.22. The number of halogens is 1. The Balaban J connectivity index is 1.61. The topological polar surface area (TPSA) is 35.9 Å². The van der Waals surface area contributed by atoms with Gasteiger partial charge in [0, 0.05) is 48.4 Å². The third-order valence-corrected chi connectivity index (χ3v) is 4.72. The van der Waals surface area contributed by atoms with Gasteiger partial charge in [0.25, 0.3) is 0 Å². The molecule has 2 aromatic carbocycles. The second-order valence-corrected chi connectivity index (χ2v) is 6.65. The fraction of sp³-hybridized carbons (Fsp3) is 0.333. The molecule has 0 saturated carbocycles. The van der Waals surface area contributed by atoms with E-state index in [0.29, 0.717) is 5.75 Å². The highest BCUT2D eigenvalue weighted by Crippen LogP contribution is 2.25. The lowest BCUT2D eigenvalue weighted by Gasteiger charge is -2.36. The molecule has 0 unspecified atom stereocenters. The summed E-state index contributed by atoms with van der Waals surface area (Å²) in [6.07, 6.45) is 0. The Morgan fingerprint density at radius 1 is 1.04 bits per heavy atom. The highest BCUT2D eigenvalue weighted by molar-refractivity contribution is 9.10. The summed E-state index contributed by atoms with van der Waals surface area (Å²) in [6.45, 7) is 4.89. The highest BCUT2D eigenvalue weighted by atomic mass is 79.9. The average molecular weight is 377 g/mol. The molecule has 0 radical (unpaired) electrons. The molecule has 1 N–H and O–H groups in total. The molecule has 5 heteroatoms. The van der Waals surface area contributed by atoms with E-state index in [4.69, 9.17) is 4.74 Å². The third kappa shape index (κ3) is 3.98. The van der Waals surface area contributed by atoms with Crippen LogP contribution < -0.4 is 9.64 Å². The fourth-order valence-corrected chi connectivity index (χ4v) is 3.35. The van der Waals surface area contributed by atoms with E-state index in [1.165, 1.54) is 11.3 Å². The Hall–Kier alpha value is -1.72. The molecular formula is C18H21BrN2O2. The number of ether oxygens (including phenoxy) is 1. The number of anilines is 1. The largest absolute Gasteiger partial charge is 0.508 e. The molecule has 4 nitrogen and oxygen atoms in total. The van der Waals surface area contributed by atoms with Gasteiger partial charge >= 0.3 is 0 Å². The Morgan fingerprint density at radius 3 is 2.39 bits per heavy atom. The molecule has 1 saturated heterocycles. The fourth-order valence-electron chi connectivity index (χ4n) is 2.94. The van der Waals surface area contributed by atoms with Crippen LogP contribution in [0.4, 0.5) is 5.69 Å². The Bertz CT molecular complexity index is 653. The summed E-state index contributed by atoms with van der Waals surface area (Å²) in [7, 11) is 1.72. The van der Waals surface area contributed by atoms with Crippen LogP contribution in [-0.2, 0) is 6.54 Å². The van der Waals surface area contributed by atoms with Crippen molar-refractivity contribution < 1.29 is 9.84 Å². The van der Waals surface area contributed by atoms with Gasteiger partial charge in [-0.3, -0.25) is 4.90 Å². The minimum Gasteiger partial charge on any atom is -0.508 e. The summed E-state index contributed by atoms with van der Waals surface area (Å²) in [5.41, 5.74) is 2.38. The SMILES string of the molecule is COc1ccc(Br)cc1CN1CCN(c2ccc(O)cc2)CC1. The molecule has 0 bridgehead atoms. The molecule has 0 aliphatic carbocycles. The molecule has 1 aliphatic rings. The molecule has 1 aliphatic heterocycles. The van der Waals surface area contributed by atoms with E-state index in [0.717, 1.165) is 42.9 Å². The lowest BCUT2D eigenvalue weighted by atomic mass is 10.1. The van der Waals surface area contributed by atoms with Crippen LogP contribution in [-0.4, -0.2) is 43.3 Å². The number of rotatable bonds is 4. The molecule has 1 fully saturated rings. The Kier molecular flexibility index (Phi) is 5.08. The molecule has 0 amide bonds. The van der Waals surface area contributed by atoms with E-state index in [-0.39, 0.29) is 0 Å². The molecule has 1 heterocycles. The van der Waals surface area contributed by atoms with Crippen molar-refractivity contribution >= 4 is 21.6 Å². The maximum Gasteiger partial charge on any atom is 0.123 e. The number of phenolic OH excluding ortho intramolecular Hbond substituents is 1. The van der Waals surface area contributed by atoms with Crippen molar-refractivity contribution in [2.45, 2.75) is 6.54 Å². The van der Waals surface area contributed by atoms with Gasteiger partial charge in [0.15, 0.2) is 0 Å². The highest BCUT2D eigenvalue weighted by Gasteiger charge is 2.18. The van der Waals surface area contributed by atoms with E-state index in [1.54, 1.807) is 19.2 Å². The monoisotopic (exact) mass is 376 g/mol. The first-order valence-corrected chi connectivity index (χ1v) is 8.54. The normalized spacial score (nSPS) is 15.7. The Labute approximate surface area is 145 Å². The maximum absolute atomic E-state index is 9.39. The van der Waals surface area contributed by atoms with Crippen LogP contribution in [0.1, 0.15) is 5.56 Å². The molecule has 0 atom stereocenters. The predicted octanol–water partition coefficient (Wildman–Crippen LogP) is 3.49. The van der Waals surface area contributed by atoms with Crippen molar-refractivity contribution in [3.8, 4) is 11.5 Å². The van der Waals surface area contributed by atoms with Gasteiger partial charge in [-0.2, -0.15) is 0 Å². The lowest BCUT2D eigenvalue weighted by molar-refractivity contribution is 0.246. The molecule has 122 valence electrons. The van der Waals surface area contributed by atoms with Gasteiger partial charge in [0.1, 0.15) is 11.5 Å². The Morgan fingerprint density at radius 2 is 1.74 bits per heavy atom. The van der Waals surface area contributed by atoms with E-state index < -0.39 is 0 Å². The molecule has 0 aromatic heterocycles. The standard InChI is InChI=1S/C18H21BrN2O2/c1-23-18-7-2-15(19)12-14(18)13-20-8-10-21(11-9-20)16-3-5-17(22)6-4-16/h2-7,12,22H,8-11,13H2,1H3. The molecule has 0 spiro atoms. The average Bonchev–Trinajstić information content (AvgIpc) is 2.57. The maximum atomic E-state index is 9.39. The number of benzene rings is 2. The van der Waals surface area contributed by atoms with Crippen LogP contribution in [0.5, 0.6) is 11.5 Å². The first kappa shape index (κ1) is 16.1. The predicted molar refractivity (Wildman–Crippen MR) is 96.3 cm³/mol. The van der Waals surface area contributed by atoms with Crippen LogP contribution in [0, 0.1) is 0 Å². The zero-order valence-corrected chi connectivity index (χ0v) is 14.8. The van der Waals surface area contributed by atoms with E-state index >= 15 is 0 Å². The zero-order valence-electron chi connectivity index (χ0n) is 13.2. The number of piperazine rings is 1. The molecule has 2 aromatic rings. The summed E-state index contributed by atoms with van der Waals surface area (Å²) in [6, 6.07) is 13.6. The van der Waals surface area contributed by atoms with Crippen LogP contribution in [0.3, 0.4) is 0 Å². The number of methoxy groups -OCH3 is 1. The quantitative estimate of drug-likeness (QED) is 0.885. The van der Waals surface area contributed by atoms with Gasteiger partial charge in [-0.05, 0) is 42.5 Å². The van der Waals surface area contributed by atoms with Gasteiger partial charge in [-0.15, -0.1) is 0 Å². The van der Waals surface area contributed by atoms with Crippen LogP contribution in [0.15, 0.2) is 46.9 Å². The number of hydrogen-bond donors (Lipinski definition) is 1. The number of nitrogens with zero attached hydrogens (tertiary/aromatic N) is 2. The van der Waals surface area contributed by atoms with Gasteiger partial charge < -0.3 is 14.7 Å². The van der Waals surface area contributed by atoms with Crippen molar-refractivity contribution in [1.29, 1.82) is 0 Å². The second-order valence-electron chi connectivity index (χ2n) is 5.74. The molecular weight excluding hydrogens is 356 g/mol. The minimum absolute atomic E-state index is 0.314. The summed E-state index contributed by atoms with van der Waals surface area (Å²) < 4.78 is 6.54. The van der Waals surface area contributed by atoms with Gasteiger partial charge in [0.05, 0.1) is 7.11 Å². The second kappa shape index (κ2) is 7.23. The number of aromatic hydroxyl groups is 1. The van der Waals surface area contributed by atoms with E-state index in [2.05, 4.69) is 31.8 Å².